The number of carbonyl (C=O) groups is 3. The predicted molar refractivity (Wildman–Crippen MR) is 174 cm³/mol. The average molecular weight is 610 g/mol. The van der Waals surface area contributed by atoms with Crippen LogP contribution >= 0.6 is 24.8 Å². The maximum atomic E-state index is 12.8. The first-order chi connectivity index (χ1) is 19.4. The van der Waals surface area contributed by atoms with E-state index >= 15 is 0 Å². The molecule has 6 aromatic rings. The zero-order valence-electron chi connectivity index (χ0n) is 23.2. The molecule has 0 saturated carbocycles. The lowest BCUT2D eigenvalue weighted by molar-refractivity contribution is -0.145. The van der Waals surface area contributed by atoms with E-state index in [2.05, 4.69) is 65.2 Å². The van der Waals surface area contributed by atoms with E-state index in [1.807, 2.05) is 0 Å². The second-order valence-corrected chi connectivity index (χ2v) is 10.6. The molecule has 0 saturated heterocycles. The van der Waals surface area contributed by atoms with Crippen LogP contribution in [-0.4, -0.2) is 50.1 Å². The lowest BCUT2D eigenvalue weighted by atomic mass is 9.92. The van der Waals surface area contributed by atoms with Gasteiger partial charge in [-0.25, -0.2) is 4.79 Å². The van der Waals surface area contributed by atoms with Crippen molar-refractivity contribution < 1.29 is 19.1 Å². The summed E-state index contributed by atoms with van der Waals surface area (Å²) < 4.78 is 5.04. The second-order valence-electron chi connectivity index (χ2n) is 10.6. The van der Waals surface area contributed by atoms with Gasteiger partial charge in [0.05, 0.1) is 19.7 Å². The van der Waals surface area contributed by atoms with Crippen LogP contribution in [0.1, 0.15) is 24.8 Å². The summed E-state index contributed by atoms with van der Waals surface area (Å²) in [5.74, 6) is -1.46. The summed E-state index contributed by atoms with van der Waals surface area (Å²) in [6.45, 7) is 0.251. The van der Waals surface area contributed by atoms with Gasteiger partial charge in [-0.2, -0.15) is 0 Å². The molecule has 42 heavy (non-hydrogen) atoms. The first kappa shape index (κ1) is 31.3. The summed E-state index contributed by atoms with van der Waals surface area (Å²) in [7, 11) is 1.30. The fourth-order valence-electron chi connectivity index (χ4n) is 6.16. The summed E-state index contributed by atoms with van der Waals surface area (Å²) in [4.78, 5) is 37.9. The number of hydrogen-bond acceptors (Lipinski definition) is 6. The molecule has 0 aliphatic heterocycles. The van der Waals surface area contributed by atoms with Crippen LogP contribution in [-0.2, 0) is 25.5 Å². The van der Waals surface area contributed by atoms with Crippen molar-refractivity contribution in [1.82, 2.24) is 10.6 Å². The van der Waals surface area contributed by atoms with E-state index in [4.69, 9.17) is 16.2 Å². The lowest BCUT2D eigenvalue weighted by Crippen LogP contribution is -2.49. The number of nitrogens with two attached hydrogens (primary N) is 2. The molecule has 0 bridgehead atoms. The molecule has 6 aromatic carbocycles. The van der Waals surface area contributed by atoms with Crippen LogP contribution in [0.15, 0.2) is 54.6 Å². The molecule has 10 heteroatoms. The molecule has 2 atom stereocenters. The Labute approximate surface area is 255 Å². The molecule has 0 fully saturated rings. The van der Waals surface area contributed by atoms with Crippen LogP contribution in [0.4, 0.5) is 0 Å². The highest BCUT2D eigenvalue weighted by Crippen LogP contribution is 2.48. The molecule has 0 unspecified atom stereocenters. The summed E-state index contributed by atoms with van der Waals surface area (Å²) in [6, 6.07) is 17.6. The number of benzene rings is 5. The molecule has 0 radical (unpaired) electrons. The first-order valence-corrected chi connectivity index (χ1v) is 13.7. The number of unbranched alkanes of at least 4 members (excludes halogenated alkanes) is 1. The van der Waals surface area contributed by atoms with Gasteiger partial charge in [0, 0.05) is 6.42 Å². The Morgan fingerprint density at radius 2 is 1.36 bits per heavy atom. The zero-order chi connectivity index (χ0) is 28.0. The van der Waals surface area contributed by atoms with Crippen molar-refractivity contribution in [1.29, 1.82) is 0 Å². The number of carbonyl (C=O) groups excluding carboxylic acids is 3. The predicted octanol–water partition coefficient (Wildman–Crippen LogP) is 4.38. The van der Waals surface area contributed by atoms with Crippen LogP contribution in [0.2, 0.25) is 0 Å². The Hall–Kier alpha value is -3.69. The van der Waals surface area contributed by atoms with Gasteiger partial charge in [-0.15, -0.1) is 24.8 Å². The Morgan fingerprint density at radius 1 is 0.810 bits per heavy atom. The largest absolute Gasteiger partial charge is 0.467 e. The maximum absolute atomic E-state index is 12.8. The van der Waals surface area contributed by atoms with E-state index in [0.717, 1.165) is 29.2 Å². The highest BCUT2D eigenvalue weighted by molar-refractivity contribution is 6.44. The fourth-order valence-corrected chi connectivity index (χ4v) is 6.16. The molecule has 220 valence electrons. The van der Waals surface area contributed by atoms with Gasteiger partial charge >= 0.3 is 5.97 Å². The van der Waals surface area contributed by atoms with Gasteiger partial charge in [0.25, 0.3) is 0 Å². The van der Waals surface area contributed by atoms with E-state index in [-0.39, 0.29) is 37.8 Å². The number of nitrogens with one attached hydrogen (secondary N) is 2. The van der Waals surface area contributed by atoms with E-state index in [0.29, 0.717) is 13.0 Å². The molecule has 6 rings (SSSR count). The molecule has 0 heterocycles. The molecule has 0 aromatic heterocycles. The SMILES string of the molecule is COC(=O)[C@H](Cc1cc2ccc3ccc4ccc5ccc1c1c5c4c3c21)NC(=O)CNC(=O)[C@@H](N)CCCCN.Cl.Cl. The van der Waals surface area contributed by atoms with Gasteiger partial charge in [-0.3, -0.25) is 9.59 Å². The van der Waals surface area contributed by atoms with Gasteiger partial charge in [0.1, 0.15) is 6.04 Å². The lowest BCUT2D eigenvalue weighted by Gasteiger charge is -2.19. The number of halogens is 2. The van der Waals surface area contributed by atoms with Crippen LogP contribution in [0, 0.1) is 0 Å². The second kappa shape index (κ2) is 12.7. The molecular formula is C32H34Cl2N4O4. The van der Waals surface area contributed by atoms with E-state index in [9.17, 15) is 14.4 Å². The van der Waals surface area contributed by atoms with Gasteiger partial charge in [-0.05, 0) is 78.8 Å². The number of ether oxygens (including phenoxy) is 1. The molecule has 0 aliphatic carbocycles. The summed E-state index contributed by atoms with van der Waals surface area (Å²) in [6.07, 6.45) is 2.25. The third kappa shape index (κ3) is 5.31. The normalized spacial score (nSPS) is 12.9. The van der Waals surface area contributed by atoms with Gasteiger partial charge in [0.15, 0.2) is 0 Å². The monoisotopic (exact) mass is 608 g/mol. The topological polar surface area (TPSA) is 137 Å². The van der Waals surface area contributed by atoms with Crippen LogP contribution in [0.5, 0.6) is 0 Å². The quantitative estimate of drug-likeness (QED) is 0.0978. The fraction of sp³-hybridized carbons (Fsp3) is 0.281. The summed E-state index contributed by atoms with van der Waals surface area (Å²) in [5, 5.41) is 17.3. The number of hydrogen-bond donors (Lipinski definition) is 4. The number of esters is 1. The molecule has 2 amide bonds. The van der Waals surface area contributed by atoms with Crippen molar-refractivity contribution in [3.8, 4) is 0 Å². The summed E-state index contributed by atoms with van der Waals surface area (Å²) >= 11 is 0. The van der Waals surface area contributed by atoms with Crippen molar-refractivity contribution in [2.45, 2.75) is 37.8 Å². The number of rotatable bonds is 11. The molecule has 0 spiro atoms. The molecule has 6 N–H and O–H groups in total. The first-order valence-electron chi connectivity index (χ1n) is 13.7. The van der Waals surface area contributed by atoms with Crippen molar-refractivity contribution in [2.24, 2.45) is 11.5 Å². The number of methoxy groups -OCH3 is 1. The minimum Gasteiger partial charge on any atom is -0.467 e. The van der Waals surface area contributed by atoms with E-state index in [1.165, 1.54) is 50.2 Å². The van der Waals surface area contributed by atoms with Crippen LogP contribution in [0.25, 0.3) is 53.9 Å². The van der Waals surface area contributed by atoms with Crippen LogP contribution < -0.4 is 22.1 Å². The highest BCUT2D eigenvalue weighted by atomic mass is 35.5. The van der Waals surface area contributed by atoms with Gasteiger partial charge in [-0.1, -0.05) is 61.0 Å². The van der Waals surface area contributed by atoms with Gasteiger partial charge in [0.2, 0.25) is 11.8 Å². The third-order valence-electron chi connectivity index (χ3n) is 8.08. The van der Waals surface area contributed by atoms with Crippen molar-refractivity contribution in [3.05, 3.63) is 60.2 Å². The summed E-state index contributed by atoms with van der Waals surface area (Å²) in [5.41, 5.74) is 12.3. The minimum atomic E-state index is -0.924. The third-order valence-corrected chi connectivity index (χ3v) is 8.08. The average Bonchev–Trinajstić information content (AvgIpc) is 3.34. The number of amides is 2. The zero-order valence-corrected chi connectivity index (χ0v) is 24.8. The van der Waals surface area contributed by atoms with E-state index < -0.39 is 29.9 Å². The van der Waals surface area contributed by atoms with Crippen molar-refractivity contribution >= 4 is 96.5 Å². The Morgan fingerprint density at radius 3 is 1.95 bits per heavy atom. The Balaban J connectivity index is 0.00000202. The Bertz CT molecular complexity index is 1820. The Kier molecular flexibility index (Phi) is 9.43. The molecule has 0 aliphatic rings. The molecule has 8 nitrogen and oxygen atoms in total. The van der Waals surface area contributed by atoms with Crippen molar-refractivity contribution in [3.63, 3.8) is 0 Å². The van der Waals surface area contributed by atoms with E-state index in [1.54, 1.807) is 0 Å². The van der Waals surface area contributed by atoms with Gasteiger partial charge < -0.3 is 26.8 Å². The maximum Gasteiger partial charge on any atom is 0.328 e. The standard InChI is InChI=1S/C32H32N4O4.2ClH/c1-40-32(39)24(36-25(37)16-35-31(38)23(34)4-2-3-13-33)15-21-14-20-10-9-18-6-5-17-7-8-19-11-12-22(21)30-28(19)26(17)27(18)29(20)30;;/h5-12,14,23-24H,2-4,13,15-16,33-34H2,1H3,(H,35,38)(H,36,37);2*1H/t23-,24-;;/m0../s1. The minimum absolute atomic E-state index is 0. The molecular weight excluding hydrogens is 575 g/mol. The smallest absolute Gasteiger partial charge is 0.328 e. The van der Waals surface area contributed by atoms with Crippen molar-refractivity contribution in [2.75, 3.05) is 20.2 Å². The van der Waals surface area contributed by atoms with Crippen LogP contribution in [0.3, 0.4) is 0 Å². The highest BCUT2D eigenvalue weighted by Gasteiger charge is 2.26.